The topological polar surface area (TPSA) is 58.6 Å². The molecule has 3 aromatic carbocycles. The molecule has 1 saturated heterocycles. The van der Waals surface area contributed by atoms with Crippen LogP contribution in [-0.2, 0) is 22.6 Å². The number of nitrogens with zero attached hydrogens (tertiary/aromatic N) is 1. The standard InChI is InChI=1S/C27H18BrCl2FN2O3S/c1-2-5-17-10-16(13-20(28)24(17)36-14-15-6-3-7-18(31)11-15)12-19-25(34)32-27(37)33(26(19)35)22-9-4-8-21(29)23(22)30/h2-4,6-13H,1,5,14H2,(H,32,34,37)/b19-12+. The van der Waals surface area contributed by atoms with Gasteiger partial charge >= 0.3 is 0 Å². The van der Waals surface area contributed by atoms with Gasteiger partial charge in [0.25, 0.3) is 11.8 Å². The van der Waals surface area contributed by atoms with Crippen molar-refractivity contribution in [3.05, 3.63) is 110 Å². The van der Waals surface area contributed by atoms with Crippen LogP contribution in [-0.4, -0.2) is 16.9 Å². The highest BCUT2D eigenvalue weighted by Crippen LogP contribution is 2.36. The van der Waals surface area contributed by atoms with Crippen molar-refractivity contribution >= 4 is 80.0 Å². The number of allylic oxidation sites excluding steroid dienone is 1. The van der Waals surface area contributed by atoms with Gasteiger partial charge in [0.15, 0.2) is 5.11 Å². The lowest BCUT2D eigenvalue weighted by atomic mass is 10.0. The monoisotopic (exact) mass is 618 g/mol. The van der Waals surface area contributed by atoms with Crippen molar-refractivity contribution in [2.24, 2.45) is 0 Å². The lowest BCUT2D eigenvalue weighted by Crippen LogP contribution is -2.54. The van der Waals surface area contributed by atoms with E-state index in [9.17, 15) is 14.0 Å². The number of hydrogen-bond acceptors (Lipinski definition) is 4. The Morgan fingerprint density at radius 2 is 1.89 bits per heavy atom. The van der Waals surface area contributed by atoms with Gasteiger partial charge in [0, 0.05) is 0 Å². The number of halogens is 4. The summed E-state index contributed by atoms with van der Waals surface area (Å²) in [7, 11) is 0. The van der Waals surface area contributed by atoms with Gasteiger partial charge in [0.05, 0.1) is 20.2 Å². The maximum absolute atomic E-state index is 13.5. The van der Waals surface area contributed by atoms with E-state index in [1.54, 1.807) is 48.5 Å². The molecular weight excluding hydrogens is 602 g/mol. The maximum atomic E-state index is 13.5. The molecule has 0 spiro atoms. The predicted molar refractivity (Wildman–Crippen MR) is 151 cm³/mol. The molecule has 0 aromatic heterocycles. The van der Waals surface area contributed by atoms with E-state index in [-0.39, 0.29) is 38.8 Å². The maximum Gasteiger partial charge on any atom is 0.270 e. The fourth-order valence-electron chi connectivity index (χ4n) is 3.72. The van der Waals surface area contributed by atoms with Gasteiger partial charge in [-0.05, 0) is 93.7 Å². The predicted octanol–water partition coefficient (Wildman–Crippen LogP) is 7.03. The number of rotatable bonds is 7. The second kappa shape index (κ2) is 11.6. The van der Waals surface area contributed by atoms with Crippen molar-refractivity contribution in [1.29, 1.82) is 0 Å². The molecule has 4 rings (SSSR count). The highest BCUT2D eigenvalue weighted by Gasteiger charge is 2.35. The third-order valence-electron chi connectivity index (χ3n) is 5.36. The molecule has 188 valence electrons. The first-order valence-corrected chi connectivity index (χ1v) is 12.8. The minimum absolute atomic E-state index is 0.106. The van der Waals surface area contributed by atoms with E-state index < -0.39 is 11.8 Å². The van der Waals surface area contributed by atoms with E-state index in [2.05, 4.69) is 27.8 Å². The molecule has 3 aromatic rings. The molecule has 2 amide bonds. The zero-order valence-electron chi connectivity index (χ0n) is 19.1. The molecule has 0 radical (unpaired) electrons. The van der Waals surface area contributed by atoms with Crippen LogP contribution in [0.25, 0.3) is 6.08 Å². The van der Waals surface area contributed by atoms with E-state index in [1.165, 1.54) is 18.2 Å². The number of carbonyl (C=O) groups is 2. The number of carbonyl (C=O) groups excluding carboxylic acids is 2. The summed E-state index contributed by atoms with van der Waals surface area (Å²) in [6.45, 7) is 3.94. The molecular formula is C27H18BrCl2FN2O3S. The van der Waals surface area contributed by atoms with E-state index in [1.807, 2.05) is 0 Å². The number of thiocarbonyl (C=S) groups is 1. The molecule has 5 nitrogen and oxygen atoms in total. The average molecular weight is 620 g/mol. The first-order chi connectivity index (χ1) is 17.7. The van der Waals surface area contributed by atoms with Crippen molar-refractivity contribution in [1.82, 2.24) is 5.32 Å². The Morgan fingerprint density at radius 1 is 1.14 bits per heavy atom. The molecule has 0 aliphatic carbocycles. The summed E-state index contributed by atoms with van der Waals surface area (Å²) in [6, 6.07) is 14.4. The molecule has 0 atom stereocenters. The second-order valence-corrected chi connectivity index (χ2v) is 9.96. The lowest BCUT2D eigenvalue weighted by molar-refractivity contribution is -0.122. The zero-order valence-corrected chi connectivity index (χ0v) is 23.0. The zero-order chi connectivity index (χ0) is 26.7. The molecule has 1 aliphatic rings. The van der Waals surface area contributed by atoms with Crippen molar-refractivity contribution in [3.63, 3.8) is 0 Å². The van der Waals surface area contributed by atoms with Gasteiger partial charge in [-0.3, -0.25) is 19.8 Å². The number of hydrogen-bond donors (Lipinski definition) is 1. The summed E-state index contributed by atoms with van der Waals surface area (Å²) in [5.41, 5.74) is 2.09. The highest BCUT2D eigenvalue weighted by molar-refractivity contribution is 9.10. The van der Waals surface area contributed by atoms with E-state index in [4.69, 9.17) is 40.2 Å². The van der Waals surface area contributed by atoms with E-state index in [0.717, 1.165) is 10.5 Å². The normalized spacial score (nSPS) is 14.6. The quantitative estimate of drug-likeness (QED) is 0.133. The van der Waals surface area contributed by atoms with Crippen molar-refractivity contribution in [2.45, 2.75) is 13.0 Å². The highest BCUT2D eigenvalue weighted by atomic mass is 79.9. The lowest BCUT2D eigenvalue weighted by Gasteiger charge is -2.29. The van der Waals surface area contributed by atoms with Crippen LogP contribution in [0, 0.1) is 5.82 Å². The van der Waals surface area contributed by atoms with Crippen LogP contribution in [0.4, 0.5) is 10.1 Å². The van der Waals surface area contributed by atoms with Gasteiger partial charge in [0.1, 0.15) is 23.7 Å². The van der Waals surface area contributed by atoms with E-state index >= 15 is 0 Å². The number of anilines is 1. The Bertz CT molecular complexity index is 1480. The Labute approximate surface area is 236 Å². The summed E-state index contributed by atoms with van der Waals surface area (Å²) in [4.78, 5) is 27.3. The first kappa shape index (κ1) is 27.0. The van der Waals surface area contributed by atoms with Gasteiger partial charge in [-0.1, -0.05) is 47.5 Å². The summed E-state index contributed by atoms with van der Waals surface area (Å²) in [6.07, 6.45) is 3.61. The molecule has 0 unspecified atom stereocenters. The van der Waals surface area contributed by atoms with Gasteiger partial charge in [-0.15, -0.1) is 6.58 Å². The smallest absolute Gasteiger partial charge is 0.270 e. The molecule has 1 heterocycles. The number of amides is 2. The molecule has 1 fully saturated rings. The molecule has 1 aliphatic heterocycles. The fraction of sp³-hybridized carbons (Fsp3) is 0.0741. The van der Waals surface area contributed by atoms with Gasteiger partial charge in [0.2, 0.25) is 0 Å². The number of nitrogens with one attached hydrogen (secondary N) is 1. The van der Waals surface area contributed by atoms with Crippen LogP contribution >= 0.6 is 51.3 Å². The molecule has 10 heteroatoms. The van der Waals surface area contributed by atoms with Crippen LogP contribution in [0.15, 0.2) is 77.3 Å². The average Bonchev–Trinajstić information content (AvgIpc) is 2.84. The summed E-state index contributed by atoms with van der Waals surface area (Å²) in [5, 5.41) is 2.79. The Hall–Kier alpha value is -3.04. The molecule has 37 heavy (non-hydrogen) atoms. The van der Waals surface area contributed by atoms with Gasteiger partial charge in [-0.25, -0.2) is 4.39 Å². The minimum atomic E-state index is -0.647. The van der Waals surface area contributed by atoms with Crippen molar-refractivity contribution in [3.8, 4) is 5.75 Å². The van der Waals surface area contributed by atoms with Crippen LogP contribution < -0.4 is 15.0 Å². The van der Waals surface area contributed by atoms with E-state index in [0.29, 0.717) is 27.8 Å². The van der Waals surface area contributed by atoms with Crippen LogP contribution in [0.1, 0.15) is 16.7 Å². The van der Waals surface area contributed by atoms with Crippen LogP contribution in [0.3, 0.4) is 0 Å². The summed E-state index contributed by atoms with van der Waals surface area (Å²) in [5.74, 6) is -1.10. The van der Waals surface area contributed by atoms with Gasteiger partial charge in [-0.2, -0.15) is 0 Å². The Kier molecular flexibility index (Phi) is 8.44. The summed E-state index contributed by atoms with van der Waals surface area (Å²) >= 11 is 21.2. The molecule has 1 N–H and O–H groups in total. The fourth-order valence-corrected chi connectivity index (χ4v) is 5.00. The van der Waals surface area contributed by atoms with Crippen molar-refractivity contribution < 1.29 is 18.7 Å². The van der Waals surface area contributed by atoms with Gasteiger partial charge < -0.3 is 4.74 Å². The largest absolute Gasteiger partial charge is 0.487 e. The number of benzene rings is 3. The molecule has 0 saturated carbocycles. The SMILES string of the molecule is C=CCc1cc(/C=C2\C(=O)NC(=S)N(c3cccc(Cl)c3Cl)C2=O)cc(Br)c1OCc1cccc(F)c1. The number of ether oxygens (including phenoxy) is 1. The second-order valence-electron chi connectivity index (χ2n) is 7.93. The van der Waals surface area contributed by atoms with Crippen molar-refractivity contribution in [2.75, 3.05) is 4.90 Å². The van der Waals surface area contributed by atoms with Crippen LogP contribution in [0.2, 0.25) is 10.0 Å². The Morgan fingerprint density at radius 3 is 2.62 bits per heavy atom. The minimum Gasteiger partial charge on any atom is -0.487 e. The Balaban J connectivity index is 1.69. The third kappa shape index (κ3) is 5.93. The summed E-state index contributed by atoms with van der Waals surface area (Å²) < 4.78 is 20.1. The molecule has 0 bridgehead atoms. The third-order valence-corrected chi connectivity index (χ3v) is 7.05. The van der Waals surface area contributed by atoms with Crippen LogP contribution in [0.5, 0.6) is 5.75 Å². The first-order valence-electron chi connectivity index (χ1n) is 10.9.